The highest BCUT2D eigenvalue weighted by molar-refractivity contribution is 5.96. The zero-order valence-electron chi connectivity index (χ0n) is 11.4. The van der Waals surface area contributed by atoms with Gasteiger partial charge in [-0.05, 0) is 18.2 Å². The number of alkyl halides is 3. The number of hydrogen-bond donors (Lipinski definition) is 2. The number of rotatable bonds is 3. The Morgan fingerprint density at radius 3 is 2.59 bits per heavy atom. The Bertz CT molecular complexity index is 702. The van der Waals surface area contributed by atoms with Crippen molar-refractivity contribution in [1.29, 1.82) is 0 Å². The Kier molecular flexibility index (Phi) is 4.20. The molecule has 0 bridgehead atoms. The van der Waals surface area contributed by atoms with Crippen molar-refractivity contribution in [3.05, 3.63) is 47.7 Å². The number of pyridine rings is 1. The minimum absolute atomic E-state index is 0.0498. The molecule has 1 aromatic heterocycles. The summed E-state index contributed by atoms with van der Waals surface area (Å²) in [4.78, 5) is 15.2. The number of nitrogens with two attached hydrogens (primary N) is 1. The first-order chi connectivity index (χ1) is 10.3. The van der Waals surface area contributed by atoms with Crippen molar-refractivity contribution in [2.75, 3.05) is 18.2 Å². The number of esters is 1. The van der Waals surface area contributed by atoms with Crippen LogP contribution in [0.4, 0.5) is 30.4 Å². The summed E-state index contributed by atoms with van der Waals surface area (Å²) >= 11 is 0. The maximum absolute atomic E-state index is 12.7. The molecule has 1 aromatic carbocycles. The van der Waals surface area contributed by atoms with Gasteiger partial charge < -0.3 is 15.8 Å². The fourth-order valence-corrected chi connectivity index (χ4v) is 1.76. The van der Waals surface area contributed by atoms with Gasteiger partial charge in [0.15, 0.2) is 0 Å². The van der Waals surface area contributed by atoms with E-state index in [1.165, 1.54) is 19.2 Å². The molecule has 0 aliphatic rings. The van der Waals surface area contributed by atoms with Gasteiger partial charge in [-0.1, -0.05) is 12.1 Å². The number of anilines is 3. The van der Waals surface area contributed by atoms with Crippen LogP contribution in [0.3, 0.4) is 0 Å². The lowest BCUT2D eigenvalue weighted by molar-refractivity contribution is -0.137. The smallest absolute Gasteiger partial charge is 0.417 e. The van der Waals surface area contributed by atoms with Crippen molar-refractivity contribution in [2.45, 2.75) is 6.18 Å². The molecular formula is C14H12F3N3O2. The average molecular weight is 311 g/mol. The Morgan fingerprint density at radius 2 is 1.95 bits per heavy atom. The van der Waals surface area contributed by atoms with Gasteiger partial charge in [0, 0.05) is 6.20 Å². The van der Waals surface area contributed by atoms with Gasteiger partial charge in [0.25, 0.3) is 0 Å². The number of aromatic nitrogens is 1. The number of para-hydroxylation sites is 1. The zero-order valence-corrected chi connectivity index (χ0v) is 11.4. The fourth-order valence-electron chi connectivity index (χ4n) is 1.76. The maximum Gasteiger partial charge on any atom is 0.417 e. The number of nitrogen functional groups attached to an aromatic ring is 1. The van der Waals surface area contributed by atoms with Crippen LogP contribution in [-0.2, 0) is 10.9 Å². The van der Waals surface area contributed by atoms with Crippen LogP contribution in [0.2, 0.25) is 0 Å². The van der Waals surface area contributed by atoms with Crippen LogP contribution in [0, 0.1) is 0 Å². The molecule has 116 valence electrons. The Morgan fingerprint density at radius 1 is 1.27 bits per heavy atom. The average Bonchev–Trinajstić information content (AvgIpc) is 2.48. The summed E-state index contributed by atoms with van der Waals surface area (Å²) in [6, 6.07) is 7.05. The SMILES string of the molecule is COC(=O)c1ccccc1Nc1cc(C(F)(F)F)cnc1N. The third-order valence-electron chi connectivity index (χ3n) is 2.85. The van der Waals surface area contributed by atoms with E-state index in [1.54, 1.807) is 12.1 Å². The van der Waals surface area contributed by atoms with Crippen LogP contribution >= 0.6 is 0 Å². The van der Waals surface area contributed by atoms with E-state index in [9.17, 15) is 18.0 Å². The van der Waals surface area contributed by atoms with Gasteiger partial charge >= 0.3 is 12.1 Å². The summed E-state index contributed by atoms with van der Waals surface area (Å²) in [6.07, 6.45) is -3.90. The van der Waals surface area contributed by atoms with Gasteiger partial charge in [-0.15, -0.1) is 0 Å². The lowest BCUT2D eigenvalue weighted by Crippen LogP contribution is -2.10. The number of halogens is 3. The van der Waals surface area contributed by atoms with Gasteiger partial charge in [0.2, 0.25) is 0 Å². The highest BCUT2D eigenvalue weighted by Crippen LogP contribution is 2.33. The molecule has 0 amide bonds. The van der Waals surface area contributed by atoms with Gasteiger partial charge in [-0.2, -0.15) is 13.2 Å². The molecule has 0 atom stereocenters. The molecule has 0 unspecified atom stereocenters. The predicted octanol–water partition coefficient (Wildman–Crippen LogP) is 3.21. The summed E-state index contributed by atoms with van der Waals surface area (Å²) in [6.45, 7) is 0. The van der Waals surface area contributed by atoms with Crippen molar-refractivity contribution in [2.24, 2.45) is 0 Å². The second-order valence-corrected chi connectivity index (χ2v) is 4.32. The Balaban J connectivity index is 2.42. The summed E-state index contributed by atoms with van der Waals surface area (Å²) in [5.74, 6) is -0.741. The molecule has 2 rings (SSSR count). The van der Waals surface area contributed by atoms with Gasteiger partial charge in [-0.3, -0.25) is 0 Å². The Labute approximate surface area is 123 Å². The Hall–Kier alpha value is -2.77. The molecule has 5 nitrogen and oxygen atoms in total. The number of carbonyl (C=O) groups excluding carboxylic acids is 1. The molecule has 0 fully saturated rings. The third-order valence-corrected chi connectivity index (χ3v) is 2.85. The number of benzene rings is 1. The molecule has 3 N–H and O–H groups in total. The van der Waals surface area contributed by atoms with Crippen LogP contribution < -0.4 is 11.1 Å². The summed E-state index contributed by atoms with van der Waals surface area (Å²) in [5, 5.41) is 2.68. The number of nitrogens with one attached hydrogen (secondary N) is 1. The maximum atomic E-state index is 12.7. The third kappa shape index (κ3) is 3.27. The van der Waals surface area contributed by atoms with E-state index < -0.39 is 17.7 Å². The van der Waals surface area contributed by atoms with E-state index in [-0.39, 0.29) is 22.8 Å². The topological polar surface area (TPSA) is 77.2 Å². The first-order valence-electron chi connectivity index (χ1n) is 6.10. The normalized spacial score (nSPS) is 11.1. The lowest BCUT2D eigenvalue weighted by Gasteiger charge is -2.14. The summed E-state index contributed by atoms with van der Waals surface area (Å²) in [7, 11) is 1.21. The second kappa shape index (κ2) is 5.92. The quantitative estimate of drug-likeness (QED) is 0.851. The van der Waals surface area contributed by atoms with E-state index in [4.69, 9.17) is 5.73 Å². The number of ether oxygens (including phenoxy) is 1. The molecule has 0 spiro atoms. The van der Waals surface area contributed by atoms with Crippen LogP contribution in [0.25, 0.3) is 0 Å². The first kappa shape index (κ1) is 15.6. The van der Waals surface area contributed by atoms with Gasteiger partial charge in [0.1, 0.15) is 5.82 Å². The number of methoxy groups -OCH3 is 1. The lowest BCUT2D eigenvalue weighted by atomic mass is 10.1. The monoisotopic (exact) mass is 311 g/mol. The van der Waals surface area contributed by atoms with Gasteiger partial charge in [0.05, 0.1) is 29.6 Å². The minimum Gasteiger partial charge on any atom is -0.465 e. The number of nitrogens with zero attached hydrogens (tertiary/aromatic N) is 1. The highest BCUT2D eigenvalue weighted by Gasteiger charge is 2.31. The molecule has 0 saturated heterocycles. The van der Waals surface area contributed by atoms with Crippen molar-refractivity contribution in [1.82, 2.24) is 4.98 Å². The van der Waals surface area contributed by atoms with Gasteiger partial charge in [-0.25, -0.2) is 9.78 Å². The summed E-state index contributed by atoms with van der Waals surface area (Å²) in [5.41, 5.74) is 5.02. The second-order valence-electron chi connectivity index (χ2n) is 4.32. The molecule has 1 heterocycles. The van der Waals surface area contributed by atoms with Crippen LogP contribution in [0.5, 0.6) is 0 Å². The molecule has 22 heavy (non-hydrogen) atoms. The van der Waals surface area contributed by atoms with Crippen molar-refractivity contribution >= 4 is 23.2 Å². The van der Waals surface area contributed by atoms with Crippen LogP contribution in [0.15, 0.2) is 36.5 Å². The molecular weight excluding hydrogens is 299 g/mol. The van der Waals surface area contributed by atoms with E-state index in [0.717, 1.165) is 6.07 Å². The largest absolute Gasteiger partial charge is 0.465 e. The fraction of sp³-hybridized carbons (Fsp3) is 0.143. The molecule has 8 heteroatoms. The van der Waals surface area contributed by atoms with E-state index in [2.05, 4.69) is 15.0 Å². The van der Waals surface area contributed by atoms with Crippen LogP contribution in [-0.4, -0.2) is 18.1 Å². The molecule has 0 aliphatic heterocycles. The predicted molar refractivity (Wildman–Crippen MR) is 74.7 cm³/mol. The summed E-state index contributed by atoms with van der Waals surface area (Å²) < 4.78 is 42.8. The zero-order chi connectivity index (χ0) is 16.3. The van der Waals surface area contributed by atoms with E-state index >= 15 is 0 Å². The van der Waals surface area contributed by atoms with Crippen molar-refractivity contribution in [3.8, 4) is 0 Å². The van der Waals surface area contributed by atoms with E-state index in [0.29, 0.717) is 6.20 Å². The van der Waals surface area contributed by atoms with E-state index in [1.807, 2.05) is 0 Å². The molecule has 0 saturated carbocycles. The molecule has 2 aromatic rings. The van der Waals surface area contributed by atoms with Crippen molar-refractivity contribution in [3.63, 3.8) is 0 Å². The molecule has 0 radical (unpaired) electrons. The molecule has 0 aliphatic carbocycles. The van der Waals surface area contributed by atoms with Crippen molar-refractivity contribution < 1.29 is 22.7 Å². The minimum atomic E-state index is -4.54. The van der Waals surface area contributed by atoms with Crippen LogP contribution in [0.1, 0.15) is 15.9 Å². The number of carbonyl (C=O) groups is 1. The first-order valence-corrected chi connectivity index (χ1v) is 6.10. The standard InChI is InChI=1S/C14H12F3N3O2/c1-22-13(21)9-4-2-3-5-10(9)20-11-6-8(14(15,16)17)7-19-12(11)18/h2-7,20H,1H3,(H2,18,19). The number of hydrogen-bond acceptors (Lipinski definition) is 5. The highest BCUT2D eigenvalue weighted by atomic mass is 19.4.